The second-order valence-electron chi connectivity index (χ2n) is 5.44. The highest BCUT2D eigenvalue weighted by molar-refractivity contribution is 5.14. The van der Waals surface area contributed by atoms with Crippen molar-refractivity contribution >= 4 is 0 Å². The van der Waals surface area contributed by atoms with E-state index in [2.05, 4.69) is 24.3 Å². The van der Waals surface area contributed by atoms with Crippen LogP contribution in [0.1, 0.15) is 17.5 Å². The first-order valence-corrected chi connectivity index (χ1v) is 7.82. The molecule has 2 N–H and O–H groups in total. The van der Waals surface area contributed by atoms with Crippen LogP contribution in [0.5, 0.6) is 0 Å². The van der Waals surface area contributed by atoms with Gasteiger partial charge in [-0.05, 0) is 24.1 Å². The van der Waals surface area contributed by atoms with Crippen LogP contribution < -0.4 is 5.73 Å². The number of rotatable bonds is 10. The van der Waals surface area contributed by atoms with Gasteiger partial charge in [-0.1, -0.05) is 60.7 Å². The van der Waals surface area contributed by atoms with Crippen molar-refractivity contribution in [3.8, 4) is 0 Å². The Labute approximate surface area is 133 Å². The van der Waals surface area contributed by atoms with Crippen molar-refractivity contribution in [1.82, 2.24) is 0 Å². The van der Waals surface area contributed by atoms with Crippen LogP contribution in [0.25, 0.3) is 0 Å². The van der Waals surface area contributed by atoms with Gasteiger partial charge < -0.3 is 15.2 Å². The Morgan fingerprint density at radius 1 is 0.727 bits per heavy atom. The number of hydrogen-bond donors (Lipinski definition) is 1. The Kier molecular flexibility index (Phi) is 7.67. The van der Waals surface area contributed by atoms with E-state index in [9.17, 15) is 0 Å². The van der Waals surface area contributed by atoms with E-state index in [0.717, 1.165) is 6.42 Å². The summed E-state index contributed by atoms with van der Waals surface area (Å²) < 4.78 is 11.6. The van der Waals surface area contributed by atoms with E-state index in [0.29, 0.717) is 38.9 Å². The molecule has 2 aromatic rings. The maximum absolute atomic E-state index is 5.80. The van der Waals surface area contributed by atoms with E-state index in [4.69, 9.17) is 15.2 Å². The molecule has 2 aromatic carbocycles. The molecule has 0 saturated carbocycles. The molecule has 3 nitrogen and oxygen atoms in total. The summed E-state index contributed by atoms with van der Waals surface area (Å²) in [5.41, 5.74) is 8.07. The zero-order valence-electron chi connectivity index (χ0n) is 13.0. The van der Waals surface area contributed by atoms with Gasteiger partial charge in [-0.2, -0.15) is 0 Å². The lowest BCUT2D eigenvalue weighted by Crippen LogP contribution is -2.20. The molecule has 3 heteroatoms. The van der Waals surface area contributed by atoms with Crippen LogP contribution in [-0.2, 0) is 22.7 Å². The largest absolute Gasteiger partial charge is 0.376 e. The molecule has 0 bridgehead atoms. The lowest BCUT2D eigenvalue weighted by Gasteiger charge is -2.16. The average molecular weight is 299 g/mol. The molecule has 0 amide bonds. The molecule has 0 aliphatic carbocycles. The Hall–Kier alpha value is -1.68. The Morgan fingerprint density at radius 2 is 1.18 bits per heavy atom. The maximum Gasteiger partial charge on any atom is 0.0717 e. The molecular formula is C19H25NO2. The molecule has 0 unspecified atom stereocenters. The Morgan fingerprint density at radius 3 is 1.59 bits per heavy atom. The standard InChI is InChI=1S/C19H25NO2/c20-12-11-19(15-21-13-17-7-3-1-4-8-17)16-22-14-18-9-5-2-6-10-18/h1-10,19H,11-16,20H2. The fourth-order valence-electron chi connectivity index (χ4n) is 2.29. The summed E-state index contributed by atoms with van der Waals surface area (Å²) >= 11 is 0. The summed E-state index contributed by atoms with van der Waals surface area (Å²) in [5.74, 6) is 0.345. The van der Waals surface area contributed by atoms with Gasteiger partial charge in [0.1, 0.15) is 0 Å². The third-order valence-corrected chi connectivity index (χ3v) is 3.51. The average Bonchev–Trinajstić information content (AvgIpc) is 2.57. The molecule has 0 aliphatic rings. The number of ether oxygens (including phenoxy) is 2. The zero-order chi connectivity index (χ0) is 15.5. The first-order chi connectivity index (χ1) is 10.9. The minimum absolute atomic E-state index is 0.345. The quantitative estimate of drug-likeness (QED) is 0.731. The van der Waals surface area contributed by atoms with Crippen LogP contribution in [-0.4, -0.2) is 19.8 Å². The molecule has 118 valence electrons. The van der Waals surface area contributed by atoms with Gasteiger partial charge in [0.05, 0.1) is 26.4 Å². The maximum atomic E-state index is 5.80. The Balaban J connectivity index is 1.68. The fourth-order valence-corrected chi connectivity index (χ4v) is 2.29. The normalized spacial score (nSPS) is 11.0. The second kappa shape index (κ2) is 10.1. The van der Waals surface area contributed by atoms with Gasteiger partial charge in [0.2, 0.25) is 0 Å². The number of hydrogen-bond acceptors (Lipinski definition) is 3. The van der Waals surface area contributed by atoms with E-state index in [1.165, 1.54) is 11.1 Å². The second-order valence-corrected chi connectivity index (χ2v) is 5.44. The predicted octanol–water partition coefficient (Wildman–Crippen LogP) is 3.39. The molecule has 0 fully saturated rings. The smallest absolute Gasteiger partial charge is 0.0717 e. The van der Waals surface area contributed by atoms with E-state index in [1.54, 1.807) is 0 Å². The molecule has 2 rings (SSSR count). The van der Waals surface area contributed by atoms with Gasteiger partial charge in [-0.3, -0.25) is 0 Å². The summed E-state index contributed by atoms with van der Waals surface area (Å²) in [6.07, 6.45) is 0.920. The van der Waals surface area contributed by atoms with Crippen molar-refractivity contribution in [1.29, 1.82) is 0 Å². The minimum Gasteiger partial charge on any atom is -0.376 e. The van der Waals surface area contributed by atoms with Gasteiger partial charge in [0.25, 0.3) is 0 Å². The third kappa shape index (κ3) is 6.39. The molecule has 0 saturated heterocycles. The minimum atomic E-state index is 0.345. The molecule has 0 aliphatic heterocycles. The van der Waals surface area contributed by atoms with Crippen LogP contribution in [0.3, 0.4) is 0 Å². The van der Waals surface area contributed by atoms with E-state index >= 15 is 0 Å². The molecule has 0 aromatic heterocycles. The third-order valence-electron chi connectivity index (χ3n) is 3.51. The topological polar surface area (TPSA) is 44.5 Å². The molecular weight excluding hydrogens is 274 g/mol. The monoisotopic (exact) mass is 299 g/mol. The zero-order valence-corrected chi connectivity index (χ0v) is 13.0. The van der Waals surface area contributed by atoms with Crippen molar-refractivity contribution in [2.75, 3.05) is 19.8 Å². The lowest BCUT2D eigenvalue weighted by atomic mass is 10.1. The van der Waals surface area contributed by atoms with Crippen molar-refractivity contribution < 1.29 is 9.47 Å². The summed E-state index contributed by atoms with van der Waals surface area (Å²) in [4.78, 5) is 0. The Bertz CT molecular complexity index is 456. The van der Waals surface area contributed by atoms with Gasteiger partial charge in [-0.15, -0.1) is 0 Å². The highest BCUT2D eigenvalue weighted by Gasteiger charge is 2.09. The van der Waals surface area contributed by atoms with E-state index in [1.807, 2.05) is 36.4 Å². The molecule has 22 heavy (non-hydrogen) atoms. The summed E-state index contributed by atoms with van der Waals surface area (Å²) in [6.45, 7) is 3.30. The molecule has 0 atom stereocenters. The van der Waals surface area contributed by atoms with Crippen molar-refractivity contribution in [3.05, 3.63) is 71.8 Å². The highest BCUT2D eigenvalue weighted by Crippen LogP contribution is 2.09. The first-order valence-electron chi connectivity index (χ1n) is 7.82. The fraction of sp³-hybridized carbons (Fsp3) is 0.368. The summed E-state index contributed by atoms with van der Waals surface area (Å²) in [7, 11) is 0. The molecule has 0 heterocycles. The van der Waals surface area contributed by atoms with Crippen LogP contribution >= 0.6 is 0 Å². The lowest BCUT2D eigenvalue weighted by molar-refractivity contribution is 0.0249. The van der Waals surface area contributed by atoms with Crippen LogP contribution in [0.2, 0.25) is 0 Å². The molecule has 0 spiro atoms. The van der Waals surface area contributed by atoms with Gasteiger partial charge in [-0.25, -0.2) is 0 Å². The van der Waals surface area contributed by atoms with Crippen molar-refractivity contribution in [2.45, 2.75) is 19.6 Å². The van der Waals surface area contributed by atoms with E-state index in [-0.39, 0.29) is 0 Å². The SMILES string of the molecule is NCCC(COCc1ccccc1)COCc1ccccc1. The number of benzene rings is 2. The summed E-state index contributed by atoms with van der Waals surface area (Å²) in [6, 6.07) is 20.4. The van der Waals surface area contributed by atoms with Crippen LogP contribution in [0, 0.1) is 5.92 Å². The number of nitrogens with two attached hydrogens (primary N) is 1. The van der Waals surface area contributed by atoms with Crippen molar-refractivity contribution in [2.24, 2.45) is 11.7 Å². The first kappa shape index (κ1) is 16.7. The molecule has 0 radical (unpaired) electrons. The van der Waals surface area contributed by atoms with Gasteiger partial charge in [0.15, 0.2) is 0 Å². The van der Waals surface area contributed by atoms with E-state index < -0.39 is 0 Å². The van der Waals surface area contributed by atoms with Gasteiger partial charge in [0, 0.05) is 5.92 Å². The highest BCUT2D eigenvalue weighted by atomic mass is 16.5. The van der Waals surface area contributed by atoms with Crippen LogP contribution in [0.15, 0.2) is 60.7 Å². The predicted molar refractivity (Wildman–Crippen MR) is 89.4 cm³/mol. The van der Waals surface area contributed by atoms with Crippen molar-refractivity contribution in [3.63, 3.8) is 0 Å². The van der Waals surface area contributed by atoms with Crippen LogP contribution in [0.4, 0.5) is 0 Å². The summed E-state index contributed by atoms with van der Waals surface area (Å²) in [5, 5.41) is 0. The van der Waals surface area contributed by atoms with Gasteiger partial charge >= 0.3 is 0 Å².